The molecule has 96 valence electrons. The SMILES string of the molecule is COc1ccc(CC#N)nc1-c1ccc(Cl)c(Cl)c1. The molecule has 0 unspecified atom stereocenters. The first-order valence-corrected chi connectivity index (χ1v) is 6.27. The summed E-state index contributed by atoms with van der Waals surface area (Å²) in [4.78, 5) is 4.43. The number of pyridine rings is 1. The third kappa shape index (κ3) is 2.98. The molecule has 1 heterocycles. The number of hydrogen-bond acceptors (Lipinski definition) is 3. The number of methoxy groups -OCH3 is 1. The lowest BCUT2D eigenvalue weighted by molar-refractivity contribution is 0.414. The van der Waals surface area contributed by atoms with E-state index in [2.05, 4.69) is 11.1 Å². The number of halogens is 2. The average molecular weight is 293 g/mol. The van der Waals surface area contributed by atoms with Crippen LogP contribution >= 0.6 is 23.2 Å². The zero-order valence-electron chi connectivity index (χ0n) is 10.2. The molecule has 0 fully saturated rings. The van der Waals surface area contributed by atoms with Crippen LogP contribution in [0.3, 0.4) is 0 Å². The molecule has 0 aliphatic rings. The first-order valence-electron chi connectivity index (χ1n) is 5.52. The van der Waals surface area contributed by atoms with Gasteiger partial charge in [0.1, 0.15) is 11.4 Å². The maximum absolute atomic E-state index is 8.73. The zero-order valence-corrected chi connectivity index (χ0v) is 11.7. The highest BCUT2D eigenvalue weighted by Gasteiger charge is 2.10. The van der Waals surface area contributed by atoms with Crippen LogP contribution in [0.1, 0.15) is 5.69 Å². The minimum Gasteiger partial charge on any atom is -0.494 e. The summed E-state index contributed by atoms with van der Waals surface area (Å²) in [5.41, 5.74) is 2.13. The highest BCUT2D eigenvalue weighted by Crippen LogP contribution is 2.32. The molecule has 0 N–H and O–H groups in total. The van der Waals surface area contributed by atoms with Gasteiger partial charge in [-0.3, -0.25) is 0 Å². The van der Waals surface area contributed by atoms with Gasteiger partial charge in [0.2, 0.25) is 0 Å². The lowest BCUT2D eigenvalue weighted by atomic mass is 10.1. The maximum atomic E-state index is 8.73. The van der Waals surface area contributed by atoms with Crippen LogP contribution in [0, 0.1) is 11.3 Å². The summed E-state index contributed by atoms with van der Waals surface area (Å²) >= 11 is 11.9. The van der Waals surface area contributed by atoms with E-state index in [1.165, 1.54) is 0 Å². The van der Waals surface area contributed by atoms with Crippen molar-refractivity contribution in [1.29, 1.82) is 5.26 Å². The third-order valence-electron chi connectivity index (χ3n) is 2.59. The van der Waals surface area contributed by atoms with Crippen LogP contribution in [-0.4, -0.2) is 12.1 Å². The third-order valence-corrected chi connectivity index (χ3v) is 3.33. The average Bonchev–Trinajstić information content (AvgIpc) is 2.42. The molecular weight excluding hydrogens is 283 g/mol. The van der Waals surface area contributed by atoms with Gasteiger partial charge >= 0.3 is 0 Å². The first kappa shape index (κ1) is 13.7. The number of hydrogen-bond donors (Lipinski definition) is 0. The van der Waals surface area contributed by atoms with E-state index in [0.29, 0.717) is 27.2 Å². The smallest absolute Gasteiger partial charge is 0.145 e. The van der Waals surface area contributed by atoms with Crippen molar-refractivity contribution in [3.8, 4) is 23.1 Å². The monoisotopic (exact) mass is 292 g/mol. The lowest BCUT2D eigenvalue weighted by Gasteiger charge is -2.09. The summed E-state index contributed by atoms with van der Waals surface area (Å²) in [6.07, 6.45) is 0.248. The van der Waals surface area contributed by atoms with Gasteiger partial charge in [0.05, 0.1) is 35.3 Å². The Balaban J connectivity index is 2.55. The quantitative estimate of drug-likeness (QED) is 0.854. The number of ether oxygens (including phenoxy) is 1. The summed E-state index contributed by atoms with van der Waals surface area (Å²) < 4.78 is 5.28. The maximum Gasteiger partial charge on any atom is 0.145 e. The number of nitriles is 1. The number of rotatable bonds is 3. The molecule has 0 aliphatic heterocycles. The number of benzene rings is 1. The molecule has 0 spiro atoms. The lowest BCUT2D eigenvalue weighted by Crippen LogP contribution is -1.95. The van der Waals surface area contributed by atoms with Gasteiger partial charge in [0.15, 0.2) is 0 Å². The standard InChI is InChI=1S/C14H10Cl2N2O/c1-19-13-5-3-10(6-7-17)18-14(13)9-2-4-11(15)12(16)8-9/h2-5,8H,6H2,1H3. The van der Waals surface area contributed by atoms with Crippen molar-refractivity contribution in [2.24, 2.45) is 0 Å². The molecule has 2 rings (SSSR count). The van der Waals surface area contributed by atoms with Crippen molar-refractivity contribution in [2.45, 2.75) is 6.42 Å². The normalized spacial score (nSPS) is 10.0. The molecule has 1 aromatic heterocycles. The van der Waals surface area contributed by atoms with E-state index < -0.39 is 0 Å². The summed E-state index contributed by atoms with van der Waals surface area (Å²) in [6, 6.07) is 10.9. The number of aromatic nitrogens is 1. The molecule has 0 bridgehead atoms. The van der Waals surface area contributed by atoms with Crippen LogP contribution in [0.4, 0.5) is 0 Å². The van der Waals surface area contributed by atoms with E-state index in [1.54, 1.807) is 31.4 Å². The van der Waals surface area contributed by atoms with Crippen molar-refractivity contribution >= 4 is 23.2 Å². The fraction of sp³-hybridized carbons (Fsp3) is 0.143. The summed E-state index contributed by atoms with van der Waals surface area (Å²) in [6.45, 7) is 0. The highest BCUT2D eigenvalue weighted by atomic mass is 35.5. The molecule has 0 amide bonds. The largest absolute Gasteiger partial charge is 0.494 e. The van der Waals surface area contributed by atoms with Gasteiger partial charge in [-0.2, -0.15) is 5.26 Å². The van der Waals surface area contributed by atoms with E-state index >= 15 is 0 Å². The van der Waals surface area contributed by atoms with Gasteiger partial charge in [-0.05, 0) is 24.3 Å². The predicted molar refractivity (Wildman–Crippen MR) is 75.6 cm³/mol. The second-order valence-corrected chi connectivity index (χ2v) is 4.63. The fourth-order valence-electron chi connectivity index (χ4n) is 1.68. The molecular formula is C14H10Cl2N2O. The fourth-order valence-corrected chi connectivity index (χ4v) is 1.98. The van der Waals surface area contributed by atoms with Crippen molar-refractivity contribution < 1.29 is 4.74 Å². The van der Waals surface area contributed by atoms with Gasteiger partial charge in [-0.25, -0.2) is 4.98 Å². The van der Waals surface area contributed by atoms with E-state index in [1.807, 2.05) is 6.07 Å². The van der Waals surface area contributed by atoms with E-state index in [4.69, 9.17) is 33.2 Å². The predicted octanol–water partition coefficient (Wildman–Crippen LogP) is 4.13. The Morgan fingerprint density at radius 2 is 2.00 bits per heavy atom. The van der Waals surface area contributed by atoms with Gasteiger partial charge < -0.3 is 4.74 Å². The van der Waals surface area contributed by atoms with E-state index in [0.717, 1.165) is 5.56 Å². The van der Waals surface area contributed by atoms with Crippen LogP contribution in [-0.2, 0) is 6.42 Å². The molecule has 0 radical (unpaired) electrons. The molecule has 19 heavy (non-hydrogen) atoms. The molecule has 0 atom stereocenters. The highest BCUT2D eigenvalue weighted by molar-refractivity contribution is 6.42. The van der Waals surface area contributed by atoms with Gasteiger partial charge in [-0.15, -0.1) is 0 Å². The Labute approximate surface area is 121 Å². The Morgan fingerprint density at radius 1 is 1.21 bits per heavy atom. The van der Waals surface area contributed by atoms with Crippen LogP contribution in [0.15, 0.2) is 30.3 Å². The van der Waals surface area contributed by atoms with Crippen LogP contribution in [0.25, 0.3) is 11.3 Å². The minimum absolute atomic E-state index is 0.248. The van der Waals surface area contributed by atoms with E-state index in [-0.39, 0.29) is 6.42 Å². The number of nitrogens with zero attached hydrogens (tertiary/aromatic N) is 2. The summed E-state index contributed by atoms with van der Waals surface area (Å²) in [7, 11) is 1.57. The van der Waals surface area contributed by atoms with Crippen LogP contribution in [0.5, 0.6) is 5.75 Å². The Hall–Kier alpha value is -1.76. The van der Waals surface area contributed by atoms with Crippen molar-refractivity contribution in [1.82, 2.24) is 4.98 Å². The molecule has 5 heteroatoms. The molecule has 3 nitrogen and oxygen atoms in total. The molecule has 0 aliphatic carbocycles. The van der Waals surface area contributed by atoms with Crippen molar-refractivity contribution in [2.75, 3.05) is 7.11 Å². The second kappa shape index (κ2) is 5.92. The second-order valence-electron chi connectivity index (χ2n) is 3.82. The molecule has 1 aromatic carbocycles. The molecule has 0 saturated heterocycles. The first-order chi connectivity index (χ1) is 9.15. The van der Waals surface area contributed by atoms with E-state index in [9.17, 15) is 0 Å². The Bertz CT molecular complexity index is 650. The van der Waals surface area contributed by atoms with Crippen LogP contribution in [0.2, 0.25) is 10.0 Å². The topological polar surface area (TPSA) is 45.9 Å². The summed E-state index contributed by atoms with van der Waals surface area (Å²) in [5.74, 6) is 0.625. The van der Waals surface area contributed by atoms with Crippen LogP contribution < -0.4 is 4.74 Å². The van der Waals surface area contributed by atoms with Crippen molar-refractivity contribution in [3.63, 3.8) is 0 Å². The minimum atomic E-state index is 0.248. The molecule has 0 saturated carbocycles. The Morgan fingerprint density at radius 3 is 2.63 bits per heavy atom. The molecule has 2 aromatic rings. The van der Waals surface area contributed by atoms with Crippen molar-refractivity contribution in [3.05, 3.63) is 46.1 Å². The van der Waals surface area contributed by atoms with Gasteiger partial charge in [0.25, 0.3) is 0 Å². The zero-order chi connectivity index (χ0) is 13.8. The Kier molecular flexibility index (Phi) is 4.26. The summed E-state index contributed by atoms with van der Waals surface area (Å²) in [5, 5.41) is 9.66. The van der Waals surface area contributed by atoms with Gasteiger partial charge in [0, 0.05) is 5.56 Å². The van der Waals surface area contributed by atoms with Gasteiger partial charge in [-0.1, -0.05) is 29.3 Å².